The number of carboxylic acid groups (broad SMARTS) is 1. The molecule has 0 radical (unpaired) electrons. The molecule has 4 aromatic rings. The number of primary amides is 1. The summed E-state index contributed by atoms with van der Waals surface area (Å²) in [6, 6.07) is 4.58. The summed E-state index contributed by atoms with van der Waals surface area (Å²) in [5, 5.41) is 36.6. The van der Waals surface area contributed by atoms with Crippen LogP contribution in [0, 0.1) is 24.6 Å². The fraction of sp³-hybridized carbons (Fsp3) is 0.491. The number of nitrogens with zero attached hydrogens (tertiary/aromatic N) is 2. The zero-order valence-corrected chi connectivity index (χ0v) is 46.4. The Morgan fingerprint density at radius 1 is 0.890 bits per heavy atom. The van der Waals surface area contributed by atoms with Gasteiger partial charge in [0, 0.05) is 72.5 Å². The van der Waals surface area contributed by atoms with Crippen molar-refractivity contribution < 1.29 is 72.0 Å². The third-order valence-electron chi connectivity index (χ3n) is 15.1. The molecule has 0 bridgehead atoms. The van der Waals surface area contributed by atoms with Gasteiger partial charge in [0.2, 0.25) is 23.6 Å². The number of hydrogen-bond donors (Lipinski definition) is 9. The van der Waals surface area contributed by atoms with Gasteiger partial charge in [-0.1, -0.05) is 39.8 Å². The molecule has 1 aliphatic carbocycles. The Kier molecular flexibility index (Phi) is 20.5. The average molecular weight is 1140 g/mol. The van der Waals surface area contributed by atoms with Crippen molar-refractivity contribution in [3.05, 3.63) is 91.5 Å². The normalized spacial score (nSPS) is 16.3. The molecule has 24 nitrogen and oxygen atoms in total. The standard InChI is InChI=1S/C57H70FN9O15/c1-6-29(4)43(68)17-20-80-21-18-44(69)63-40(15-16-45(70)71)52(74)66-48(28(2)3)53(75)65-39(8-7-19-60-56(59)78)51(73)62-33-12-9-31(10-13-33)26-82-57(79)61-24-32-11-14-34-30(5)38(58)23-41-47(34)46(32)36-25-67-42(49(36)64-41)22-35-37(54(67)76)27-81-55(77)50(35)72/h9-10,12-13,22-23,28-29,32,39-40,48,50,72H,6-8,11,14-21,24-27H2,1-5H3,(H,61,79)(H,62,73)(H,63,69)(H,65,75)(H,66,74)(H,70,71)(H3,59,60,78)/t29?,32?,39-,40-,48-,50?/m0/s1. The van der Waals surface area contributed by atoms with Gasteiger partial charge in [0.25, 0.3) is 5.56 Å². The minimum atomic E-state index is -1.65. The number of aromatic nitrogens is 2. The number of cyclic esters (lactones) is 1. The van der Waals surface area contributed by atoms with Crippen molar-refractivity contribution in [3.63, 3.8) is 0 Å². The number of nitrogens with two attached hydrogens (primary N) is 1. The molecule has 7 rings (SSSR count). The first kappa shape index (κ1) is 61.3. The lowest BCUT2D eigenvalue weighted by Gasteiger charge is -2.29. The molecule has 0 saturated carbocycles. The average Bonchev–Trinajstić information content (AvgIpc) is 3.71. The number of aliphatic carboxylic acids is 1. The van der Waals surface area contributed by atoms with Gasteiger partial charge >= 0.3 is 24.1 Å². The molecule has 10 N–H and O–H groups in total. The Labute approximate surface area is 471 Å². The number of Topliss-reactive ketones (excluding diaryl/α,β-unsaturated/α-hetero) is 1. The lowest BCUT2D eigenvalue weighted by atomic mass is 9.78. The largest absolute Gasteiger partial charge is 0.481 e. The molecule has 82 heavy (non-hydrogen) atoms. The minimum absolute atomic E-state index is 0.00224. The van der Waals surface area contributed by atoms with Crippen LogP contribution in [0.25, 0.3) is 22.3 Å². The van der Waals surface area contributed by atoms with Gasteiger partial charge in [0.1, 0.15) is 42.9 Å². The van der Waals surface area contributed by atoms with Crippen LogP contribution in [0.5, 0.6) is 0 Å². The van der Waals surface area contributed by atoms with Crippen LogP contribution >= 0.6 is 0 Å². The number of rotatable bonds is 27. The monoisotopic (exact) mass is 1140 g/mol. The number of alkyl carbamates (subject to hydrolysis) is 1. The lowest BCUT2D eigenvalue weighted by molar-refractivity contribution is -0.157. The van der Waals surface area contributed by atoms with Crippen LogP contribution in [-0.2, 0) is 74.0 Å². The highest BCUT2D eigenvalue weighted by Gasteiger charge is 2.38. The highest BCUT2D eigenvalue weighted by atomic mass is 19.1. The van der Waals surface area contributed by atoms with E-state index < -0.39 is 95.6 Å². The number of halogens is 1. The summed E-state index contributed by atoms with van der Waals surface area (Å²) >= 11 is 0. The Hall–Kier alpha value is -8.32. The first-order chi connectivity index (χ1) is 39.1. The van der Waals surface area contributed by atoms with Gasteiger partial charge in [-0.25, -0.2) is 23.8 Å². The molecule has 4 heterocycles. The first-order valence-electron chi connectivity index (χ1n) is 27.4. The molecule has 25 heteroatoms. The van der Waals surface area contributed by atoms with E-state index in [0.29, 0.717) is 58.5 Å². The number of carbonyl (C=O) groups excluding carboxylic acids is 8. The van der Waals surface area contributed by atoms with E-state index in [-0.39, 0.29) is 107 Å². The van der Waals surface area contributed by atoms with Crippen molar-refractivity contribution >= 4 is 70.1 Å². The van der Waals surface area contributed by atoms with Crippen molar-refractivity contribution in [2.24, 2.45) is 17.6 Å². The number of nitrogens with one attached hydrogen (secondary N) is 6. The van der Waals surface area contributed by atoms with Crippen molar-refractivity contribution in [3.8, 4) is 11.4 Å². The van der Waals surface area contributed by atoms with Gasteiger partial charge in [0.05, 0.1) is 42.2 Å². The molecular formula is C57H70FN9O15. The second-order valence-electron chi connectivity index (χ2n) is 21.1. The van der Waals surface area contributed by atoms with Gasteiger partial charge in [0.15, 0.2) is 6.10 Å². The summed E-state index contributed by atoms with van der Waals surface area (Å²) in [6.07, 6.45) is -1.32. The number of aliphatic hydroxyl groups excluding tert-OH is 1. The van der Waals surface area contributed by atoms with Crippen LogP contribution in [0.2, 0.25) is 0 Å². The molecule has 0 saturated heterocycles. The third kappa shape index (κ3) is 14.8. The number of aryl methyl sites for hydroxylation is 1. The number of amides is 7. The first-order valence-corrected chi connectivity index (χ1v) is 27.4. The highest BCUT2D eigenvalue weighted by molar-refractivity contribution is 5.99. The van der Waals surface area contributed by atoms with E-state index in [2.05, 4.69) is 31.9 Å². The van der Waals surface area contributed by atoms with Crippen LogP contribution in [0.3, 0.4) is 0 Å². The molecular weight excluding hydrogens is 1070 g/mol. The van der Waals surface area contributed by atoms with Gasteiger partial charge < -0.3 is 66.6 Å². The fourth-order valence-corrected chi connectivity index (χ4v) is 10.3. The summed E-state index contributed by atoms with van der Waals surface area (Å²) in [5.74, 6) is -6.40. The molecule has 2 aromatic heterocycles. The van der Waals surface area contributed by atoms with Crippen LogP contribution in [-0.4, -0.2) is 118 Å². The number of urea groups is 1. The van der Waals surface area contributed by atoms with E-state index in [4.69, 9.17) is 24.9 Å². The topological polar surface area (TPSA) is 355 Å². The summed E-state index contributed by atoms with van der Waals surface area (Å²) in [4.78, 5) is 133. The van der Waals surface area contributed by atoms with E-state index in [9.17, 15) is 58.2 Å². The number of anilines is 1. The minimum Gasteiger partial charge on any atom is -0.481 e. The van der Waals surface area contributed by atoms with Crippen molar-refractivity contribution in [2.75, 3.05) is 31.6 Å². The molecule has 0 fully saturated rings. The van der Waals surface area contributed by atoms with E-state index in [0.717, 1.165) is 16.5 Å². The van der Waals surface area contributed by atoms with Gasteiger partial charge in [-0.05, 0) is 91.8 Å². The second kappa shape index (κ2) is 27.4. The van der Waals surface area contributed by atoms with Gasteiger partial charge in [-0.15, -0.1) is 0 Å². The lowest BCUT2D eigenvalue weighted by Crippen LogP contribution is -2.58. The second-order valence-corrected chi connectivity index (χ2v) is 21.1. The number of ether oxygens (including phenoxy) is 3. The molecule has 6 atom stereocenters. The predicted octanol–water partition coefficient (Wildman–Crippen LogP) is 3.69. The smallest absolute Gasteiger partial charge is 0.407 e. The van der Waals surface area contributed by atoms with Crippen LogP contribution < -0.4 is 43.2 Å². The van der Waals surface area contributed by atoms with Crippen molar-refractivity contribution in [1.82, 2.24) is 36.1 Å². The predicted molar refractivity (Wildman–Crippen MR) is 293 cm³/mol. The zero-order valence-electron chi connectivity index (χ0n) is 46.4. The maximum atomic E-state index is 15.4. The fourth-order valence-electron chi connectivity index (χ4n) is 10.3. The maximum Gasteiger partial charge on any atom is 0.407 e. The molecule has 440 valence electrons. The quantitative estimate of drug-likeness (QED) is 0.0267. The Balaban J connectivity index is 0.960. The van der Waals surface area contributed by atoms with Crippen molar-refractivity contribution in [2.45, 2.75) is 142 Å². The Bertz CT molecular complexity index is 3200. The Morgan fingerprint density at radius 2 is 1.61 bits per heavy atom. The van der Waals surface area contributed by atoms with E-state index in [1.165, 1.54) is 10.6 Å². The number of hydrogen-bond acceptors (Lipinski definition) is 15. The molecule has 2 aliphatic heterocycles. The molecule has 7 amide bonds. The van der Waals surface area contributed by atoms with E-state index in [1.807, 2.05) is 13.8 Å². The third-order valence-corrected chi connectivity index (χ3v) is 15.1. The molecule has 2 aromatic carbocycles. The molecule has 0 spiro atoms. The Morgan fingerprint density at radius 3 is 2.30 bits per heavy atom. The number of aliphatic hydroxyl groups is 1. The van der Waals surface area contributed by atoms with E-state index >= 15 is 4.39 Å². The number of carbonyl (C=O) groups is 9. The number of carboxylic acids is 1. The number of esters is 1. The van der Waals surface area contributed by atoms with Crippen LogP contribution in [0.4, 0.5) is 19.7 Å². The van der Waals surface area contributed by atoms with Crippen LogP contribution in [0.15, 0.2) is 41.2 Å². The SMILES string of the molecule is CCC(C)C(=O)CCOCCC(=O)N[C@@H](CCC(=O)O)C(=O)N[C@H](C(=O)N[C@@H](CCCNC(N)=O)C(=O)Nc1ccc(COC(=O)NCC2CCc3c(C)c(F)cc4nc5c(c2c34)Cn2c-5cc3c(c2=O)COC(=O)C3O)cc1)C(C)C. The number of pyridine rings is 2. The highest BCUT2D eigenvalue weighted by Crippen LogP contribution is 2.46. The molecule has 3 aliphatic rings. The summed E-state index contributed by atoms with van der Waals surface area (Å²) < 4.78 is 32.9. The summed E-state index contributed by atoms with van der Waals surface area (Å²) in [5.41, 5.74) is 9.81. The summed E-state index contributed by atoms with van der Waals surface area (Å²) in [7, 11) is 0. The van der Waals surface area contributed by atoms with Gasteiger partial charge in [-0.3, -0.25) is 33.6 Å². The number of ketones is 1. The van der Waals surface area contributed by atoms with E-state index in [1.54, 1.807) is 51.1 Å². The number of fused-ring (bicyclic) bond motifs is 5. The summed E-state index contributed by atoms with van der Waals surface area (Å²) in [6.45, 7) is 8.54. The number of benzene rings is 2. The molecule has 3 unspecified atom stereocenters. The van der Waals surface area contributed by atoms with Crippen LogP contribution in [0.1, 0.15) is 130 Å². The maximum absolute atomic E-state index is 15.4. The van der Waals surface area contributed by atoms with Crippen molar-refractivity contribution in [1.29, 1.82) is 0 Å². The van der Waals surface area contributed by atoms with Gasteiger partial charge in [-0.2, -0.15) is 0 Å². The zero-order chi connectivity index (χ0) is 59.5.